The van der Waals surface area contributed by atoms with E-state index in [2.05, 4.69) is 16.0 Å². The number of esters is 1. The van der Waals surface area contributed by atoms with E-state index in [4.69, 9.17) is 9.47 Å². The summed E-state index contributed by atoms with van der Waals surface area (Å²) in [5.41, 5.74) is -1.90. The van der Waals surface area contributed by atoms with Crippen LogP contribution in [0.25, 0.3) is 0 Å². The number of hydrogen-bond donors (Lipinski definition) is 4. The molecule has 0 radical (unpaired) electrons. The monoisotopic (exact) mass is 498 g/mol. The molecule has 2 aliphatic rings. The van der Waals surface area contributed by atoms with Crippen molar-refractivity contribution in [3.8, 4) is 0 Å². The van der Waals surface area contributed by atoms with E-state index in [0.717, 1.165) is 16.7 Å². The zero-order valence-electron chi connectivity index (χ0n) is 17.9. The van der Waals surface area contributed by atoms with Gasteiger partial charge in [-0.15, -0.1) is 23.1 Å². The average Bonchev–Trinajstić information content (AvgIpc) is 3.32. The van der Waals surface area contributed by atoms with E-state index in [1.807, 2.05) is 0 Å². The highest BCUT2D eigenvalue weighted by Crippen LogP contribution is 2.46. The van der Waals surface area contributed by atoms with Crippen LogP contribution in [0.4, 0.5) is 4.79 Å². The molecule has 4 N–H and O–H groups in total. The smallest absolute Gasteiger partial charge is 0.352 e. The zero-order chi connectivity index (χ0) is 24.3. The number of carbonyl (C=O) groups is 5. The second-order valence-electron chi connectivity index (χ2n) is 6.98. The Labute approximate surface area is 196 Å². The minimum atomic E-state index is -1.84. The number of thioether (sulfide) groups is 1. The number of carboxylic acids is 1. The molecule has 1 fully saturated rings. The van der Waals surface area contributed by atoms with Crippen molar-refractivity contribution >= 4 is 52.9 Å². The van der Waals surface area contributed by atoms with Crippen LogP contribution in [0.3, 0.4) is 0 Å². The normalized spacial score (nSPS) is 22.6. The summed E-state index contributed by atoms with van der Waals surface area (Å²) in [5.74, 6) is -3.32. The van der Waals surface area contributed by atoms with Crippen molar-refractivity contribution in [3.05, 3.63) is 33.7 Å². The minimum Gasteiger partial charge on any atom is -0.477 e. The summed E-state index contributed by atoms with van der Waals surface area (Å²) in [6.07, 6.45) is 0. The Morgan fingerprint density at radius 2 is 2.09 bits per heavy atom. The number of ether oxygens (including phenoxy) is 2. The molecular formula is C19H22N4O8S2. The Hall–Kier alpha value is -3.10. The predicted molar refractivity (Wildman–Crippen MR) is 117 cm³/mol. The van der Waals surface area contributed by atoms with Crippen molar-refractivity contribution in [1.82, 2.24) is 20.9 Å². The summed E-state index contributed by atoms with van der Waals surface area (Å²) in [5, 5.41) is 18.0. The topological polar surface area (TPSA) is 163 Å². The van der Waals surface area contributed by atoms with Crippen LogP contribution in [0.1, 0.15) is 17.8 Å². The molecule has 0 bridgehead atoms. The number of nitrogens with one attached hydrogen (secondary N) is 3. The van der Waals surface area contributed by atoms with Crippen molar-refractivity contribution in [2.45, 2.75) is 24.1 Å². The molecule has 178 valence electrons. The quantitative estimate of drug-likeness (QED) is 0.219. The number of thiophene rings is 1. The predicted octanol–water partition coefficient (Wildman–Crippen LogP) is -0.00600. The number of methoxy groups -OCH3 is 1. The Bertz CT molecular complexity index is 1010. The third-order valence-corrected chi connectivity index (χ3v) is 7.30. The summed E-state index contributed by atoms with van der Waals surface area (Å²) < 4.78 is 10.3. The molecule has 3 rings (SSSR count). The standard InChI is InChI=1S/C19H22N4O8S2/c1-9(24)31-7-10-8-33-17-19(30-3,16(28)23(17)13(10)15(26)27)22-14(25)12(21-18(29)20-2)11-5-4-6-32-11/h4-6,12,17H,7-8H2,1-3H3,(H,22,25)(H,26,27)(H2,20,21,29)/t12?,17?,19-/m1/s1. The van der Waals surface area contributed by atoms with Crippen LogP contribution in [0.15, 0.2) is 28.8 Å². The number of nitrogens with zero attached hydrogens (tertiary/aromatic N) is 1. The molecule has 12 nitrogen and oxygen atoms in total. The molecule has 0 aromatic carbocycles. The zero-order valence-corrected chi connectivity index (χ0v) is 19.5. The molecule has 2 aliphatic heterocycles. The lowest BCUT2D eigenvalue weighted by molar-refractivity contribution is -0.193. The second kappa shape index (κ2) is 9.80. The van der Waals surface area contributed by atoms with Crippen LogP contribution in [-0.2, 0) is 28.7 Å². The highest BCUT2D eigenvalue weighted by molar-refractivity contribution is 8.00. The number of carboxylic acid groups (broad SMARTS) is 1. The fourth-order valence-corrected chi connectivity index (χ4v) is 5.62. The van der Waals surface area contributed by atoms with Gasteiger partial charge in [-0.2, -0.15) is 0 Å². The molecule has 0 spiro atoms. The summed E-state index contributed by atoms with van der Waals surface area (Å²) in [6, 6.07) is 1.65. The van der Waals surface area contributed by atoms with E-state index in [-0.39, 0.29) is 23.6 Å². The average molecular weight is 499 g/mol. The third-order valence-electron chi connectivity index (χ3n) is 4.99. The van der Waals surface area contributed by atoms with E-state index in [9.17, 15) is 29.1 Å². The summed E-state index contributed by atoms with van der Waals surface area (Å²) in [7, 11) is 2.62. The summed E-state index contributed by atoms with van der Waals surface area (Å²) in [6.45, 7) is 0.917. The van der Waals surface area contributed by atoms with Crippen molar-refractivity contribution in [3.63, 3.8) is 0 Å². The highest BCUT2D eigenvalue weighted by Gasteiger charge is 2.67. The van der Waals surface area contributed by atoms with E-state index in [0.29, 0.717) is 4.88 Å². The van der Waals surface area contributed by atoms with Gasteiger partial charge in [0, 0.05) is 37.3 Å². The molecule has 1 aromatic heterocycles. The Morgan fingerprint density at radius 1 is 1.36 bits per heavy atom. The summed E-state index contributed by atoms with van der Waals surface area (Å²) in [4.78, 5) is 62.7. The van der Waals surface area contributed by atoms with Gasteiger partial charge in [0.05, 0.1) is 0 Å². The first-order chi connectivity index (χ1) is 15.7. The van der Waals surface area contributed by atoms with Gasteiger partial charge < -0.3 is 30.5 Å². The van der Waals surface area contributed by atoms with Crippen LogP contribution >= 0.6 is 23.1 Å². The van der Waals surface area contributed by atoms with Crippen LogP contribution in [0, 0.1) is 0 Å². The van der Waals surface area contributed by atoms with Crippen LogP contribution in [0.2, 0.25) is 0 Å². The maximum absolute atomic E-state index is 13.1. The molecule has 14 heteroatoms. The first kappa shape index (κ1) is 24.5. The van der Waals surface area contributed by atoms with Gasteiger partial charge in [-0.1, -0.05) is 6.07 Å². The first-order valence-electron chi connectivity index (χ1n) is 9.59. The largest absolute Gasteiger partial charge is 0.477 e. The molecular weight excluding hydrogens is 476 g/mol. The van der Waals surface area contributed by atoms with Crippen LogP contribution < -0.4 is 16.0 Å². The lowest BCUT2D eigenvalue weighted by Gasteiger charge is -2.55. The van der Waals surface area contributed by atoms with Gasteiger partial charge in [-0.25, -0.2) is 9.59 Å². The second-order valence-corrected chi connectivity index (χ2v) is 9.02. The van der Waals surface area contributed by atoms with Gasteiger partial charge in [-0.3, -0.25) is 19.3 Å². The number of rotatable bonds is 8. The molecule has 0 saturated carbocycles. The van der Waals surface area contributed by atoms with Gasteiger partial charge >= 0.3 is 18.0 Å². The number of urea groups is 1. The minimum absolute atomic E-state index is 0.134. The number of hydrogen-bond acceptors (Lipinski definition) is 9. The molecule has 1 aromatic rings. The number of amides is 4. The lowest BCUT2D eigenvalue weighted by Crippen LogP contribution is -2.81. The molecule has 1 saturated heterocycles. The van der Waals surface area contributed by atoms with Gasteiger partial charge in [0.25, 0.3) is 17.5 Å². The lowest BCUT2D eigenvalue weighted by atomic mass is 9.97. The molecule has 3 heterocycles. The van der Waals surface area contributed by atoms with Crippen molar-refractivity contribution in [1.29, 1.82) is 0 Å². The van der Waals surface area contributed by atoms with Gasteiger partial charge in [0.1, 0.15) is 23.7 Å². The fourth-order valence-electron chi connectivity index (χ4n) is 3.42. The number of β-lactam (4-membered cyclic amide) rings is 1. The van der Waals surface area contributed by atoms with Gasteiger partial charge in [0.15, 0.2) is 0 Å². The number of fused-ring (bicyclic) bond motifs is 1. The molecule has 4 amide bonds. The third kappa shape index (κ3) is 4.54. The van der Waals surface area contributed by atoms with Crippen molar-refractivity contribution < 1.29 is 38.6 Å². The Balaban J connectivity index is 1.87. The fraction of sp³-hybridized carbons (Fsp3) is 0.421. The SMILES string of the molecule is CNC(=O)NC(C(=O)N[C@@]1(OC)C(=O)N2C(C(=O)O)=C(COC(C)=O)CSC21)c1cccs1. The Kier molecular flexibility index (Phi) is 7.29. The van der Waals surface area contributed by atoms with Crippen LogP contribution in [0.5, 0.6) is 0 Å². The van der Waals surface area contributed by atoms with Crippen LogP contribution in [-0.4, -0.2) is 77.4 Å². The van der Waals surface area contributed by atoms with E-state index in [1.165, 1.54) is 32.4 Å². The van der Waals surface area contributed by atoms with E-state index >= 15 is 0 Å². The highest BCUT2D eigenvalue weighted by atomic mass is 32.2. The summed E-state index contributed by atoms with van der Waals surface area (Å²) >= 11 is 2.39. The molecule has 3 atom stereocenters. The first-order valence-corrected chi connectivity index (χ1v) is 11.5. The van der Waals surface area contributed by atoms with Gasteiger partial charge in [0.2, 0.25) is 0 Å². The number of aliphatic carboxylic acids is 1. The number of carbonyl (C=O) groups excluding carboxylic acids is 4. The van der Waals surface area contributed by atoms with Gasteiger partial charge in [-0.05, 0) is 11.4 Å². The maximum atomic E-state index is 13.1. The van der Waals surface area contributed by atoms with Crippen molar-refractivity contribution in [2.75, 3.05) is 26.5 Å². The maximum Gasteiger partial charge on any atom is 0.352 e. The molecule has 2 unspecified atom stereocenters. The van der Waals surface area contributed by atoms with E-state index in [1.54, 1.807) is 17.5 Å². The van der Waals surface area contributed by atoms with Crippen molar-refractivity contribution in [2.24, 2.45) is 0 Å². The Morgan fingerprint density at radius 3 is 2.64 bits per heavy atom. The molecule has 33 heavy (non-hydrogen) atoms. The molecule has 0 aliphatic carbocycles. The van der Waals surface area contributed by atoms with E-state index < -0.39 is 46.9 Å².